The number of halogens is 2. The lowest BCUT2D eigenvalue weighted by molar-refractivity contribution is -0.387. The molecule has 1 aliphatic heterocycles. The molecule has 1 aliphatic rings. The third-order valence-corrected chi connectivity index (χ3v) is 3.11. The Labute approximate surface area is 108 Å². The van der Waals surface area contributed by atoms with Crippen molar-refractivity contribution in [2.45, 2.75) is 19.3 Å². The molecule has 2 rings (SSSR count). The molecule has 0 aliphatic carbocycles. The van der Waals surface area contributed by atoms with Gasteiger partial charge in [0.1, 0.15) is 5.82 Å². The number of nitro groups is 1. The van der Waals surface area contributed by atoms with Crippen molar-refractivity contribution in [1.29, 1.82) is 0 Å². The van der Waals surface area contributed by atoms with Crippen molar-refractivity contribution >= 4 is 11.6 Å². The van der Waals surface area contributed by atoms with Gasteiger partial charge in [-0.15, -0.1) is 0 Å². The van der Waals surface area contributed by atoms with E-state index in [-0.39, 0.29) is 0 Å². The first kappa shape index (κ1) is 13.4. The van der Waals surface area contributed by atoms with Crippen LogP contribution >= 0.6 is 0 Å². The van der Waals surface area contributed by atoms with Crippen LogP contribution in [0.3, 0.4) is 0 Å². The van der Waals surface area contributed by atoms with Crippen molar-refractivity contribution in [3.05, 3.63) is 39.4 Å². The van der Waals surface area contributed by atoms with E-state index < -0.39 is 33.7 Å². The number of benzene rings is 1. The molecule has 0 bridgehead atoms. The standard InChI is InChI=1S/C12H12F2N2O3/c13-9-7-11(16(18)19)10(14)6-8(9)12(17)15-4-2-1-3-5-15/h6-7H,1-5H2. The van der Waals surface area contributed by atoms with Crippen LogP contribution in [0.5, 0.6) is 0 Å². The SMILES string of the molecule is O=C(c1cc(F)c([N+](=O)[O-])cc1F)N1CCCCC1. The van der Waals surface area contributed by atoms with E-state index in [1.165, 1.54) is 4.90 Å². The van der Waals surface area contributed by atoms with Gasteiger partial charge < -0.3 is 4.90 Å². The third-order valence-electron chi connectivity index (χ3n) is 3.11. The molecule has 1 aromatic rings. The average molecular weight is 270 g/mol. The highest BCUT2D eigenvalue weighted by Gasteiger charge is 2.25. The maximum atomic E-state index is 13.7. The minimum atomic E-state index is -1.20. The second kappa shape index (κ2) is 5.29. The lowest BCUT2D eigenvalue weighted by atomic mass is 10.1. The number of hydrogen-bond donors (Lipinski definition) is 0. The van der Waals surface area contributed by atoms with E-state index in [0.717, 1.165) is 19.3 Å². The van der Waals surface area contributed by atoms with Crippen LogP contribution in [-0.2, 0) is 0 Å². The number of carbonyl (C=O) groups is 1. The highest BCUT2D eigenvalue weighted by atomic mass is 19.1. The van der Waals surface area contributed by atoms with Gasteiger partial charge in [0.25, 0.3) is 5.91 Å². The van der Waals surface area contributed by atoms with Crippen molar-refractivity contribution in [3.63, 3.8) is 0 Å². The van der Waals surface area contributed by atoms with Crippen LogP contribution in [0.2, 0.25) is 0 Å². The molecular weight excluding hydrogens is 258 g/mol. The highest BCUT2D eigenvalue weighted by Crippen LogP contribution is 2.23. The van der Waals surface area contributed by atoms with E-state index >= 15 is 0 Å². The number of likely N-dealkylation sites (tertiary alicyclic amines) is 1. The molecule has 1 saturated heterocycles. The fourth-order valence-electron chi connectivity index (χ4n) is 2.11. The fraction of sp³-hybridized carbons (Fsp3) is 0.417. The molecule has 0 saturated carbocycles. The van der Waals surface area contributed by atoms with Gasteiger partial charge in [0.2, 0.25) is 5.82 Å². The Kier molecular flexibility index (Phi) is 3.73. The Hall–Kier alpha value is -2.05. The molecule has 0 spiro atoms. The summed E-state index contributed by atoms with van der Waals surface area (Å²) in [7, 11) is 0. The number of nitrogens with zero attached hydrogens (tertiary/aromatic N) is 2. The summed E-state index contributed by atoms with van der Waals surface area (Å²) in [4.78, 5) is 22.9. The second-order valence-corrected chi connectivity index (χ2v) is 4.39. The summed E-state index contributed by atoms with van der Waals surface area (Å²) in [5.41, 5.74) is -1.42. The lowest BCUT2D eigenvalue weighted by Gasteiger charge is -2.26. The summed E-state index contributed by atoms with van der Waals surface area (Å²) in [6, 6.07) is 1.05. The van der Waals surface area contributed by atoms with E-state index in [1.807, 2.05) is 0 Å². The third kappa shape index (κ3) is 2.69. The molecule has 0 unspecified atom stereocenters. The normalized spacial score (nSPS) is 15.4. The summed E-state index contributed by atoms with van der Waals surface area (Å²) >= 11 is 0. The van der Waals surface area contributed by atoms with Crippen molar-refractivity contribution in [2.75, 3.05) is 13.1 Å². The molecule has 1 aromatic carbocycles. The van der Waals surface area contributed by atoms with Gasteiger partial charge in [0.15, 0.2) is 0 Å². The molecule has 0 aromatic heterocycles. The van der Waals surface area contributed by atoms with Gasteiger partial charge in [-0.05, 0) is 25.3 Å². The van der Waals surface area contributed by atoms with Gasteiger partial charge in [0.05, 0.1) is 16.6 Å². The summed E-state index contributed by atoms with van der Waals surface area (Å²) < 4.78 is 27.1. The highest BCUT2D eigenvalue weighted by molar-refractivity contribution is 5.94. The maximum Gasteiger partial charge on any atom is 0.307 e. The van der Waals surface area contributed by atoms with Crippen molar-refractivity contribution in [3.8, 4) is 0 Å². The number of piperidine rings is 1. The Morgan fingerprint density at radius 3 is 2.37 bits per heavy atom. The van der Waals surface area contributed by atoms with Gasteiger partial charge in [-0.25, -0.2) is 4.39 Å². The molecule has 102 valence electrons. The van der Waals surface area contributed by atoms with E-state index in [0.29, 0.717) is 25.2 Å². The molecule has 7 heteroatoms. The smallest absolute Gasteiger partial charge is 0.307 e. The Morgan fingerprint density at radius 1 is 1.16 bits per heavy atom. The van der Waals surface area contributed by atoms with Gasteiger partial charge in [-0.3, -0.25) is 14.9 Å². The zero-order valence-corrected chi connectivity index (χ0v) is 10.1. The van der Waals surface area contributed by atoms with E-state index in [4.69, 9.17) is 0 Å². The molecular formula is C12H12F2N2O3. The van der Waals surface area contributed by atoms with Crippen LogP contribution in [-0.4, -0.2) is 28.8 Å². The minimum absolute atomic E-state index is 0.451. The van der Waals surface area contributed by atoms with Crippen LogP contribution in [0.1, 0.15) is 29.6 Å². The van der Waals surface area contributed by atoms with Crippen molar-refractivity contribution in [2.24, 2.45) is 0 Å². The lowest BCUT2D eigenvalue weighted by Crippen LogP contribution is -2.36. The topological polar surface area (TPSA) is 63.4 Å². The Balaban J connectivity index is 2.32. The average Bonchev–Trinajstić information content (AvgIpc) is 2.41. The van der Waals surface area contributed by atoms with E-state index in [1.54, 1.807) is 0 Å². The van der Waals surface area contributed by atoms with E-state index in [9.17, 15) is 23.7 Å². The zero-order chi connectivity index (χ0) is 14.0. The van der Waals surface area contributed by atoms with Crippen molar-refractivity contribution < 1.29 is 18.5 Å². The van der Waals surface area contributed by atoms with Gasteiger partial charge in [-0.1, -0.05) is 0 Å². The summed E-state index contributed by atoms with van der Waals surface area (Å²) in [6.07, 6.45) is 2.65. The number of nitro benzene ring substituents is 1. The van der Waals surface area contributed by atoms with Gasteiger partial charge >= 0.3 is 5.69 Å². The van der Waals surface area contributed by atoms with Crippen LogP contribution in [0.25, 0.3) is 0 Å². The second-order valence-electron chi connectivity index (χ2n) is 4.39. The predicted molar refractivity (Wildman–Crippen MR) is 62.8 cm³/mol. The number of rotatable bonds is 2. The molecule has 0 N–H and O–H groups in total. The number of hydrogen-bond acceptors (Lipinski definition) is 3. The van der Waals surface area contributed by atoms with Crippen LogP contribution in [0, 0.1) is 21.7 Å². The quantitative estimate of drug-likeness (QED) is 0.612. The zero-order valence-electron chi connectivity index (χ0n) is 10.1. The van der Waals surface area contributed by atoms with Crippen LogP contribution in [0.15, 0.2) is 12.1 Å². The van der Waals surface area contributed by atoms with E-state index in [2.05, 4.69) is 0 Å². The van der Waals surface area contributed by atoms with Gasteiger partial charge in [-0.2, -0.15) is 4.39 Å². The summed E-state index contributed by atoms with van der Waals surface area (Å²) in [5.74, 6) is -2.89. The number of carbonyl (C=O) groups excluding carboxylic acids is 1. The Bertz CT molecular complexity index is 528. The van der Waals surface area contributed by atoms with Crippen LogP contribution < -0.4 is 0 Å². The molecule has 0 radical (unpaired) electrons. The van der Waals surface area contributed by atoms with Crippen LogP contribution in [0.4, 0.5) is 14.5 Å². The molecule has 0 atom stereocenters. The molecule has 1 fully saturated rings. The first-order valence-electron chi connectivity index (χ1n) is 5.93. The first-order chi connectivity index (χ1) is 9.00. The van der Waals surface area contributed by atoms with Crippen molar-refractivity contribution in [1.82, 2.24) is 4.90 Å². The minimum Gasteiger partial charge on any atom is -0.339 e. The fourth-order valence-corrected chi connectivity index (χ4v) is 2.11. The number of amides is 1. The largest absolute Gasteiger partial charge is 0.339 e. The Morgan fingerprint density at radius 2 is 1.79 bits per heavy atom. The monoisotopic (exact) mass is 270 g/mol. The first-order valence-corrected chi connectivity index (χ1v) is 5.93. The van der Waals surface area contributed by atoms with Gasteiger partial charge in [0, 0.05) is 13.1 Å². The molecule has 5 nitrogen and oxygen atoms in total. The predicted octanol–water partition coefficient (Wildman–Crippen LogP) is 2.50. The molecule has 1 amide bonds. The summed E-state index contributed by atoms with van der Waals surface area (Å²) in [5, 5.41) is 10.5. The maximum absolute atomic E-state index is 13.7. The molecule has 19 heavy (non-hydrogen) atoms. The summed E-state index contributed by atoms with van der Waals surface area (Å²) in [6.45, 7) is 0.994. The molecule has 1 heterocycles.